The monoisotopic (exact) mass is 228 g/mol. The minimum atomic E-state index is -0.364. The largest absolute Gasteiger partial charge is 0.503 e. The Morgan fingerprint density at radius 3 is 1.62 bits per heavy atom. The second-order valence-corrected chi connectivity index (χ2v) is 3.05. The number of nitrogen functional groups attached to an aromatic ring is 2. The number of hydrogen-bond donors (Lipinski definition) is 4. The van der Waals surface area contributed by atoms with Crippen molar-refractivity contribution in [3.8, 4) is 23.0 Å². The van der Waals surface area contributed by atoms with Crippen molar-refractivity contribution < 1.29 is 19.7 Å². The summed E-state index contributed by atoms with van der Waals surface area (Å²) < 4.78 is 10.2. The Labute approximate surface area is 93.4 Å². The normalized spacial score (nSPS) is 10.1. The van der Waals surface area contributed by atoms with Crippen molar-refractivity contribution in [2.45, 2.75) is 13.8 Å². The molecule has 90 valence electrons. The van der Waals surface area contributed by atoms with Crippen LogP contribution in [-0.2, 0) is 0 Å². The van der Waals surface area contributed by atoms with Gasteiger partial charge in [-0.15, -0.1) is 0 Å². The number of ether oxygens (including phenoxy) is 2. The third-order valence-corrected chi connectivity index (χ3v) is 2.01. The average Bonchev–Trinajstić information content (AvgIpc) is 2.28. The lowest BCUT2D eigenvalue weighted by Gasteiger charge is -2.16. The van der Waals surface area contributed by atoms with E-state index in [1.54, 1.807) is 13.8 Å². The second-order valence-electron chi connectivity index (χ2n) is 3.05. The van der Waals surface area contributed by atoms with Gasteiger partial charge in [0.05, 0.1) is 13.2 Å². The Morgan fingerprint density at radius 1 is 0.875 bits per heavy atom. The molecule has 1 aromatic rings. The van der Waals surface area contributed by atoms with Gasteiger partial charge in [-0.05, 0) is 13.8 Å². The zero-order valence-corrected chi connectivity index (χ0v) is 9.28. The van der Waals surface area contributed by atoms with Gasteiger partial charge in [0.15, 0.2) is 17.2 Å². The van der Waals surface area contributed by atoms with Crippen LogP contribution in [0.25, 0.3) is 0 Å². The predicted octanol–water partition coefficient (Wildman–Crippen LogP) is 1.06. The zero-order chi connectivity index (χ0) is 12.3. The number of hydrogen-bond acceptors (Lipinski definition) is 6. The van der Waals surface area contributed by atoms with Crippen LogP contribution in [0.5, 0.6) is 23.0 Å². The quantitative estimate of drug-likeness (QED) is 0.348. The summed E-state index contributed by atoms with van der Waals surface area (Å²) in [6.45, 7) is 4.04. The van der Waals surface area contributed by atoms with Crippen LogP contribution in [0.4, 0.5) is 11.4 Å². The number of phenolic OH excluding ortho intramolecular Hbond substituents is 2. The van der Waals surface area contributed by atoms with Gasteiger partial charge < -0.3 is 31.2 Å². The van der Waals surface area contributed by atoms with Crippen LogP contribution in [0.15, 0.2) is 0 Å². The van der Waals surface area contributed by atoms with Crippen LogP contribution < -0.4 is 20.9 Å². The first-order valence-electron chi connectivity index (χ1n) is 4.92. The van der Waals surface area contributed by atoms with Crippen molar-refractivity contribution in [3.63, 3.8) is 0 Å². The van der Waals surface area contributed by atoms with Gasteiger partial charge in [-0.3, -0.25) is 0 Å². The average molecular weight is 228 g/mol. The molecular weight excluding hydrogens is 212 g/mol. The lowest BCUT2D eigenvalue weighted by Crippen LogP contribution is -2.04. The van der Waals surface area contributed by atoms with E-state index in [9.17, 15) is 10.2 Å². The summed E-state index contributed by atoms with van der Waals surface area (Å²) in [4.78, 5) is 0. The maximum atomic E-state index is 9.70. The van der Waals surface area contributed by atoms with Crippen LogP contribution >= 0.6 is 0 Å². The fourth-order valence-corrected chi connectivity index (χ4v) is 1.30. The summed E-state index contributed by atoms with van der Waals surface area (Å²) in [7, 11) is 0. The molecule has 0 heterocycles. The van der Waals surface area contributed by atoms with Gasteiger partial charge in [0.25, 0.3) is 0 Å². The molecule has 6 heteroatoms. The Morgan fingerprint density at radius 2 is 1.25 bits per heavy atom. The molecule has 0 saturated carbocycles. The SMILES string of the molecule is CCOc1c(N)c(O)c(OCC)c(O)c1N. The number of anilines is 2. The van der Waals surface area contributed by atoms with Gasteiger partial charge in [0, 0.05) is 0 Å². The van der Waals surface area contributed by atoms with Crippen LogP contribution in [0.3, 0.4) is 0 Å². The smallest absolute Gasteiger partial charge is 0.207 e. The Bertz CT molecular complexity index is 327. The standard InChI is InChI=1S/C10H16N2O4/c1-3-15-9-5(11)7(13)10(16-4-2)8(14)6(9)12/h13-14H,3-4,11-12H2,1-2H3. The van der Waals surface area contributed by atoms with E-state index < -0.39 is 0 Å². The summed E-state index contributed by atoms with van der Waals surface area (Å²) in [6.07, 6.45) is 0. The summed E-state index contributed by atoms with van der Waals surface area (Å²) in [5.74, 6) is -0.782. The molecule has 0 saturated heterocycles. The first kappa shape index (κ1) is 12.1. The van der Waals surface area contributed by atoms with Crippen molar-refractivity contribution in [2.75, 3.05) is 24.7 Å². The second kappa shape index (κ2) is 4.69. The molecule has 0 aliphatic rings. The van der Waals surface area contributed by atoms with Crippen LogP contribution in [0, 0.1) is 0 Å². The molecule has 1 aromatic carbocycles. The van der Waals surface area contributed by atoms with E-state index in [0.717, 1.165) is 0 Å². The number of nitrogens with two attached hydrogens (primary N) is 2. The molecular formula is C10H16N2O4. The van der Waals surface area contributed by atoms with Gasteiger partial charge in [-0.2, -0.15) is 0 Å². The molecule has 0 spiro atoms. The van der Waals surface area contributed by atoms with Gasteiger partial charge in [-0.25, -0.2) is 0 Å². The summed E-state index contributed by atoms with van der Waals surface area (Å²) in [5.41, 5.74) is 11.2. The van der Waals surface area contributed by atoms with E-state index >= 15 is 0 Å². The molecule has 0 radical (unpaired) electrons. The van der Waals surface area contributed by atoms with Crippen molar-refractivity contribution in [1.82, 2.24) is 0 Å². The van der Waals surface area contributed by atoms with Crippen molar-refractivity contribution in [2.24, 2.45) is 0 Å². The molecule has 0 fully saturated rings. The van der Waals surface area contributed by atoms with Crippen LogP contribution in [0.1, 0.15) is 13.8 Å². The molecule has 0 atom stereocenters. The van der Waals surface area contributed by atoms with E-state index in [1.807, 2.05) is 0 Å². The minimum absolute atomic E-state index is 0.0411. The molecule has 0 amide bonds. The van der Waals surface area contributed by atoms with E-state index in [1.165, 1.54) is 0 Å². The van der Waals surface area contributed by atoms with E-state index in [-0.39, 0.29) is 41.0 Å². The molecule has 0 bridgehead atoms. The van der Waals surface area contributed by atoms with E-state index in [4.69, 9.17) is 20.9 Å². The molecule has 1 rings (SSSR count). The van der Waals surface area contributed by atoms with Gasteiger partial charge >= 0.3 is 0 Å². The molecule has 6 N–H and O–H groups in total. The van der Waals surface area contributed by atoms with Crippen molar-refractivity contribution in [1.29, 1.82) is 0 Å². The lowest BCUT2D eigenvalue weighted by molar-refractivity contribution is 0.295. The summed E-state index contributed by atoms with van der Waals surface area (Å²) in [6, 6.07) is 0. The first-order valence-corrected chi connectivity index (χ1v) is 4.92. The van der Waals surface area contributed by atoms with Gasteiger partial charge in [0.2, 0.25) is 5.75 Å². The molecule has 6 nitrogen and oxygen atoms in total. The molecule has 16 heavy (non-hydrogen) atoms. The minimum Gasteiger partial charge on any atom is -0.503 e. The molecule has 0 aliphatic heterocycles. The summed E-state index contributed by atoms with van der Waals surface area (Å²) in [5, 5.41) is 19.4. The molecule has 0 aromatic heterocycles. The van der Waals surface area contributed by atoms with Crippen LogP contribution in [-0.4, -0.2) is 23.4 Å². The highest BCUT2D eigenvalue weighted by Crippen LogP contribution is 2.51. The number of aromatic hydroxyl groups is 2. The Balaban J connectivity index is 3.37. The number of rotatable bonds is 4. The topological polar surface area (TPSA) is 111 Å². The van der Waals surface area contributed by atoms with E-state index in [2.05, 4.69) is 0 Å². The van der Waals surface area contributed by atoms with Gasteiger partial charge in [-0.1, -0.05) is 0 Å². The molecule has 0 aliphatic carbocycles. The molecule has 0 unspecified atom stereocenters. The highest BCUT2D eigenvalue weighted by molar-refractivity contribution is 5.83. The van der Waals surface area contributed by atoms with Crippen molar-refractivity contribution >= 4 is 11.4 Å². The Kier molecular flexibility index (Phi) is 3.55. The zero-order valence-electron chi connectivity index (χ0n) is 9.28. The number of phenols is 2. The van der Waals surface area contributed by atoms with Gasteiger partial charge in [0.1, 0.15) is 11.4 Å². The highest BCUT2D eigenvalue weighted by Gasteiger charge is 2.22. The Hall–Kier alpha value is -1.98. The van der Waals surface area contributed by atoms with Crippen LogP contribution in [0.2, 0.25) is 0 Å². The maximum absolute atomic E-state index is 9.70. The van der Waals surface area contributed by atoms with E-state index in [0.29, 0.717) is 6.61 Å². The van der Waals surface area contributed by atoms with Crippen molar-refractivity contribution in [3.05, 3.63) is 0 Å². The summed E-state index contributed by atoms with van der Waals surface area (Å²) >= 11 is 0. The number of benzene rings is 1. The predicted molar refractivity (Wildman–Crippen MR) is 60.9 cm³/mol. The fourth-order valence-electron chi connectivity index (χ4n) is 1.30. The highest BCUT2D eigenvalue weighted by atomic mass is 16.5. The third-order valence-electron chi connectivity index (χ3n) is 2.01. The maximum Gasteiger partial charge on any atom is 0.207 e. The first-order chi connectivity index (χ1) is 7.54. The fraction of sp³-hybridized carbons (Fsp3) is 0.400. The third kappa shape index (κ3) is 1.86. The lowest BCUT2D eigenvalue weighted by atomic mass is 10.2.